The van der Waals surface area contributed by atoms with E-state index in [2.05, 4.69) is 117 Å². The smallest absolute Gasteiger partial charge is 0.269 e. The van der Waals surface area contributed by atoms with Gasteiger partial charge >= 0.3 is 0 Å². The predicted octanol–water partition coefficient (Wildman–Crippen LogP) is 3.76. The van der Waals surface area contributed by atoms with Gasteiger partial charge in [-0.25, -0.2) is 0 Å². The molecule has 19 heteroatoms. The van der Waals surface area contributed by atoms with E-state index in [1.807, 2.05) is 12.1 Å². The van der Waals surface area contributed by atoms with Crippen LogP contribution in [-0.4, -0.2) is 97.8 Å². The molecule has 0 saturated carbocycles. The number of nitrogens with zero attached hydrogens (tertiary/aromatic N) is 2. The lowest BCUT2D eigenvalue weighted by Gasteiger charge is -2.34. The summed E-state index contributed by atoms with van der Waals surface area (Å²) in [5.74, 6) is -0.962. The third-order valence-electron chi connectivity index (χ3n) is 7.94. The first-order chi connectivity index (χ1) is 22.7. The number of hydrogen-bond donors (Lipinski definition) is 4. The number of alkyl halides is 2. The van der Waals surface area contributed by atoms with Crippen LogP contribution in [0.2, 0.25) is 0 Å². The van der Waals surface area contributed by atoms with Crippen molar-refractivity contribution in [1.82, 2.24) is 10.6 Å². The number of ketones is 2. The predicted molar refractivity (Wildman–Crippen MR) is 195 cm³/mol. The summed E-state index contributed by atoms with van der Waals surface area (Å²) in [7, 11) is 0. The number of halogens is 6. The van der Waals surface area contributed by atoms with Crippen molar-refractivity contribution in [3.05, 3.63) is 47.8 Å². The highest BCUT2D eigenvalue weighted by Gasteiger charge is 2.54. The van der Waals surface area contributed by atoms with Crippen molar-refractivity contribution in [3.63, 3.8) is 0 Å². The topological polar surface area (TPSA) is 185 Å². The molecule has 5 rings (SSSR count). The number of nitrogens with one attached hydrogen (secondary N) is 2. The van der Waals surface area contributed by atoms with Gasteiger partial charge in [0, 0.05) is 25.9 Å². The second kappa shape index (κ2) is 15.4. The van der Waals surface area contributed by atoms with Gasteiger partial charge in [-0.15, -0.1) is 0 Å². The molecule has 1 aromatic carbocycles. The van der Waals surface area contributed by atoms with Gasteiger partial charge < -0.3 is 35.3 Å². The summed E-state index contributed by atoms with van der Waals surface area (Å²) in [6.45, 7) is 0.875. The van der Waals surface area contributed by atoms with E-state index < -0.39 is 44.9 Å². The SMILES string of the molecule is O=C(NCCCOc1c(Br)cc(CCNC(=O)C2=NO[C@]3(C=C(Br)C(=O)[C@@H](Br)[C@@H]3O)C2)cc1Br)C1=NOC2(C=C(Br)C(=O)[C@@H](Br)[C@@H]2O)C1. The number of ether oxygens (including phenoxy) is 1. The zero-order chi connectivity index (χ0) is 35.0. The average molecular weight is 1050 g/mol. The van der Waals surface area contributed by atoms with Crippen molar-refractivity contribution in [2.24, 2.45) is 10.3 Å². The maximum Gasteiger partial charge on any atom is 0.269 e. The van der Waals surface area contributed by atoms with E-state index >= 15 is 0 Å². The molecule has 13 nitrogen and oxygen atoms in total. The fourth-order valence-corrected chi connectivity index (χ4v) is 10.1. The lowest BCUT2D eigenvalue weighted by atomic mass is 9.83. The molecule has 2 amide bonds. The molecule has 2 heterocycles. The first-order valence-corrected chi connectivity index (χ1v) is 19.3. The lowest BCUT2D eigenvalue weighted by Crippen LogP contribution is -2.52. The largest absolute Gasteiger partial charge is 0.491 e. The molecule has 0 fully saturated rings. The number of rotatable bonds is 10. The maximum atomic E-state index is 12.8. The van der Waals surface area contributed by atoms with E-state index in [-0.39, 0.29) is 57.9 Å². The molecule has 6 atom stereocenters. The van der Waals surface area contributed by atoms with Gasteiger partial charge in [-0.2, -0.15) is 0 Å². The Balaban J connectivity index is 1.04. The van der Waals surface area contributed by atoms with Crippen LogP contribution in [0.1, 0.15) is 24.8 Å². The van der Waals surface area contributed by atoms with Crippen LogP contribution in [0.4, 0.5) is 0 Å². The first-order valence-electron chi connectivity index (χ1n) is 14.3. The first kappa shape index (κ1) is 37.8. The summed E-state index contributed by atoms with van der Waals surface area (Å²) in [6.07, 6.45) is 1.41. The van der Waals surface area contributed by atoms with Crippen LogP contribution in [0.5, 0.6) is 5.75 Å². The Hall–Kier alpha value is -1.48. The zero-order valence-electron chi connectivity index (χ0n) is 24.5. The summed E-state index contributed by atoms with van der Waals surface area (Å²) >= 11 is 19.8. The fourth-order valence-electron chi connectivity index (χ4n) is 5.30. The van der Waals surface area contributed by atoms with Gasteiger partial charge in [-0.05, 0) is 106 Å². The summed E-state index contributed by atoms with van der Waals surface area (Å²) in [4.78, 5) is 58.7. The number of hydrogen-bond acceptors (Lipinski definition) is 11. The molecule has 4 aliphatic rings. The quantitative estimate of drug-likeness (QED) is 0.200. The average Bonchev–Trinajstić information content (AvgIpc) is 3.68. The molecule has 258 valence electrons. The van der Waals surface area contributed by atoms with Crippen LogP contribution < -0.4 is 15.4 Å². The second-order valence-corrected chi connectivity index (χ2v) is 16.7. The van der Waals surface area contributed by atoms with Crippen LogP contribution in [-0.2, 0) is 35.3 Å². The van der Waals surface area contributed by atoms with Crippen molar-refractivity contribution >= 4 is 130 Å². The standard InChI is InChI=1S/C29H26Br6N4O9/c30-13-6-12(2-4-37-27(45)18-11-29(48-39-18)9-16(33)22(41)20(35)25(29)43)7-14(31)23(13)46-5-1-3-36-26(44)17-10-28(47-38-17)8-15(32)21(40)19(34)24(28)42/h6-9,19-20,24-25,42-43H,1-5,10-11H2,(H,36,44)(H,37,45)/t19-,20-,24+,25+,28?,29-/m1/s1. The van der Waals surface area contributed by atoms with E-state index in [4.69, 9.17) is 14.4 Å². The molecule has 2 aliphatic heterocycles. The summed E-state index contributed by atoms with van der Waals surface area (Å²) in [5, 5.41) is 34.5. The zero-order valence-corrected chi connectivity index (χ0v) is 34.0. The molecule has 4 N–H and O–H groups in total. The van der Waals surface area contributed by atoms with Crippen molar-refractivity contribution in [1.29, 1.82) is 0 Å². The number of oxime groups is 2. The molecule has 1 aromatic rings. The molecule has 0 saturated heterocycles. The van der Waals surface area contributed by atoms with Crippen LogP contribution in [0.15, 0.2) is 52.5 Å². The molecule has 1 unspecified atom stereocenters. The number of benzene rings is 1. The molecule has 0 radical (unpaired) electrons. The molecule has 0 aromatic heterocycles. The number of amides is 2. The van der Waals surface area contributed by atoms with Gasteiger partial charge in [0.05, 0.1) is 24.5 Å². The lowest BCUT2D eigenvalue weighted by molar-refractivity contribution is -0.125. The highest BCUT2D eigenvalue weighted by Crippen LogP contribution is 2.41. The minimum atomic E-state index is -1.32. The Morgan fingerprint density at radius 2 is 1.29 bits per heavy atom. The van der Waals surface area contributed by atoms with Gasteiger partial charge in [-0.3, -0.25) is 19.2 Å². The monoisotopic (exact) mass is 1050 g/mol. The Kier molecular flexibility index (Phi) is 12.1. The van der Waals surface area contributed by atoms with Crippen molar-refractivity contribution in [2.75, 3.05) is 19.7 Å². The minimum absolute atomic E-state index is 0.00160. The molecule has 0 bridgehead atoms. The Labute approximate surface area is 324 Å². The highest BCUT2D eigenvalue weighted by atomic mass is 79.9. The summed E-state index contributed by atoms with van der Waals surface area (Å²) in [5.41, 5.74) is -1.52. The number of aliphatic hydroxyl groups excluding tert-OH is 2. The second-order valence-electron chi connectivity index (χ2n) is 11.3. The Morgan fingerprint density at radius 1 is 0.833 bits per heavy atom. The van der Waals surface area contributed by atoms with Gasteiger partial charge in [0.2, 0.25) is 0 Å². The third-order valence-corrected chi connectivity index (χ3v) is 12.2. The van der Waals surface area contributed by atoms with Gasteiger partial charge in [0.25, 0.3) is 11.8 Å². The van der Waals surface area contributed by atoms with Gasteiger partial charge in [0.1, 0.15) is 39.0 Å². The van der Waals surface area contributed by atoms with E-state index in [1.54, 1.807) is 0 Å². The van der Waals surface area contributed by atoms with E-state index in [1.165, 1.54) is 12.2 Å². The Morgan fingerprint density at radius 3 is 1.77 bits per heavy atom. The van der Waals surface area contributed by atoms with Crippen molar-refractivity contribution in [2.45, 2.75) is 58.7 Å². The van der Waals surface area contributed by atoms with E-state index in [0.29, 0.717) is 34.1 Å². The number of carbonyl (C=O) groups is 4. The van der Waals surface area contributed by atoms with Crippen molar-refractivity contribution < 1.29 is 43.8 Å². The maximum absolute atomic E-state index is 12.8. The minimum Gasteiger partial charge on any atom is -0.491 e. The highest BCUT2D eigenvalue weighted by molar-refractivity contribution is 9.12. The summed E-state index contributed by atoms with van der Waals surface area (Å²) in [6, 6.07) is 3.75. The van der Waals surface area contributed by atoms with Gasteiger partial charge in [-0.1, -0.05) is 42.2 Å². The molecular weight excluding hydrogens is 1030 g/mol. The number of allylic oxidation sites excluding steroid dienone is 2. The van der Waals surface area contributed by atoms with Crippen LogP contribution >= 0.6 is 95.6 Å². The van der Waals surface area contributed by atoms with Gasteiger partial charge in [0.15, 0.2) is 22.8 Å². The van der Waals surface area contributed by atoms with E-state index in [0.717, 1.165) is 5.56 Å². The number of aliphatic hydroxyl groups is 2. The molecular formula is C29H26Br6N4O9. The third kappa shape index (κ3) is 7.72. The van der Waals surface area contributed by atoms with Crippen LogP contribution in [0.3, 0.4) is 0 Å². The normalized spacial score (nSPS) is 29.5. The van der Waals surface area contributed by atoms with Crippen molar-refractivity contribution in [3.8, 4) is 5.75 Å². The van der Waals surface area contributed by atoms with Crippen LogP contribution in [0.25, 0.3) is 0 Å². The Bertz CT molecular complexity index is 1650. The fraction of sp³-hybridized carbons (Fsp3) is 0.448. The molecule has 48 heavy (non-hydrogen) atoms. The molecule has 2 spiro atoms. The van der Waals surface area contributed by atoms with Crippen LogP contribution in [0, 0.1) is 0 Å². The number of Topliss-reactive ketones (excluding diaryl/α,β-unsaturated/α-hetero) is 2. The number of carbonyl (C=O) groups excluding carboxylic acids is 4. The van der Waals surface area contributed by atoms with E-state index in [9.17, 15) is 29.4 Å². The molecule has 2 aliphatic carbocycles. The summed E-state index contributed by atoms with van der Waals surface area (Å²) < 4.78 is 7.79.